The lowest BCUT2D eigenvalue weighted by molar-refractivity contribution is 0.230. The quantitative estimate of drug-likeness (QED) is 0.580. The van der Waals surface area contributed by atoms with Crippen LogP contribution in [0.3, 0.4) is 0 Å². The van der Waals surface area contributed by atoms with Crippen molar-refractivity contribution in [2.45, 2.75) is 6.04 Å². The first-order valence-corrected chi connectivity index (χ1v) is 5.22. The molecule has 0 spiro atoms. The molecule has 0 heterocycles. The van der Waals surface area contributed by atoms with E-state index < -0.39 is 0 Å². The van der Waals surface area contributed by atoms with Crippen molar-refractivity contribution in [1.29, 1.82) is 0 Å². The maximum Gasteiger partial charge on any atom is 0.0851 e. The van der Waals surface area contributed by atoms with Crippen LogP contribution in [0.4, 0.5) is 0 Å². The molecule has 0 fully saturated rings. The fourth-order valence-electron chi connectivity index (χ4n) is 2.33. The van der Waals surface area contributed by atoms with Gasteiger partial charge in [-0.2, -0.15) is 11.0 Å². The molecule has 2 aromatic rings. The summed E-state index contributed by atoms with van der Waals surface area (Å²) in [5.41, 5.74) is 2.30. The van der Waals surface area contributed by atoms with E-state index in [1.165, 1.54) is 16.3 Å². The third kappa shape index (κ3) is 1.27. The van der Waals surface area contributed by atoms with Crippen molar-refractivity contribution in [1.82, 2.24) is 11.0 Å². The Hall–Kier alpha value is -1.68. The minimum atomic E-state index is -0.154. The second-order valence-corrected chi connectivity index (χ2v) is 4.00. The lowest BCUT2D eigenvalue weighted by atomic mass is 9.90. The standard InChI is InChI=1S/C13H12N3/c14-16(15)12-8-7-10-4-1-3-9-5-2-6-11(12)13(9)10/h1-8,12,14H,15H2. The Morgan fingerprint density at radius 1 is 1.12 bits per heavy atom. The minimum absolute atomic E-state index is 0.154. The Labute approximate surface area is 93.9 Å². The molecule has 1 aliphatic rings. The van der Waals surface area contributed by atoms with E-state index >= 15 is 0 Å². The number of nitrogens with two attached hydrogens (primary N) is 1. The topological polar surface area (TPSA) is 53.1 Å². The van der Waals surface area contributed by atoms with Crippen LogP contribution in [0.1, 0.15) is 17.2 Å². The Bertz CT molecular complexity index is 567. The van der Waals surface area contributed by atoms with E-state index in [0.717, 1.165) is 10.7 Å². The highest BCUT2D eigenvalue weighted by atomic mass is 15.6. The van der Waals surface area contributed by atoms with E-state index in [9.17, 15) is 0 Å². The maximum absolute atomic E-state index is 7.54. The molecule has 0 saturated carbocycles. The molecule has 0 saturated heterocycles. The zero-order valence-corrected chi connectivity index (χ0v) is 8.72. The van der Waals surface area contributed by atoms with Gasteiger partial charge in [-0.3, -0.25) is 5.84 Å². The summed E-state index contributed by atoms with van der Waals surface area (Å²) in [5, 5.41) is 3.41. The van der Waals surface area contributed by atoms with Crippen LogP contribution >= 0.6 is 0 Å². The van der Waals surface area contributed by atoms with Crippen molar-refractivity contribution in [3.05, 3.63) is 53.6 Å². The van der Waals surface area contributed by atoms with Gasteiger partial charge in [0, 0.05) is 0 Å². The van der Waals surface area contributed by atoms with E-state index in [-0.39, 0.29) is 6.04 Å². The summed E-state index contributed by atoms with van der Waals surface area (Å²) in [4.78, 5) is 0. The van der Waals surface area contributed by atoms with E-state index in [2.05, 4.69) is 18.2 Å². The van der Waals surface area contributed by atoms with Gasteiger partial charge in [0.05, 0.1) is 6.04 Å². The Morgan fingerprint density at radius 3 is 2.62 bits per heavy atom. The SMILES string of the molecule is [NH]N(N)C1C=Cc2cccc3cccc1c23. The summed E-state index contributed by atoms with van der Waals surface area (Å²) >= 11 is 0. The van der Waals surface area contributed by atoms with E-state index in [1.54, 1.807) is 0 Å². The fraction of sp³-hybridized carbons (Fsp3) is 0.0769. The summed E-state index contributed by atoms with van der Waals surface area (Å²) in [6, 6.07) is 12.2. The number of hydrogen-bond donors (Lipinski definition) is 1. The van der Waals surface area contributed by atoms with Gasteiger partial charge in [0.2, 0.25) is 0 Å². The number of hydrogen-bond acceptors (Lipinski definition) is 2. The summed E-state index contributed by atoms with van der Waals surface area (Å²) in [5.74, 6) is 13.1. The molecule has 3 nitrogen and oxygen atoms in total. The summed E-state index contributed by atoms with van der Waals surface area (Å²) in [7, 11) is 0. The molecule has 1 atom stereocenters. The van der Waals surface area contributed by atoms with Gasteiger partial charge in [-0.25, -0.2) is 0 Å². The Morgan fingerprint density at radius 2 is 1.88 bits per heavy atom. The van der Waals surface area contributed by atoms with Gasteiger partial charge in [-0.05, 0) is 21.9 Å². The first-order chi connectivity index (χ1) is 7.77. The predicted octanol–water partition coefficient (Wildman–Crippen LogP) is 2.28. The van der Waals surface area contributed by atoms with E-state index in [0.29, 0.717) is 0 Å². The van der Waals surface area contributed by atoms with Gasteiger partial charge in [0.15, 0.2) is 0 Å². The van der Waals surface area contributed by atoms with Crippen molar-refractivity contribution in [3.63, 3.8) is 0 Å². The van der Waals surface area contributed by atoms with Crippen molar-refractivity contribution in [2.24, 2.45) is 5.84 Å². The van der Waals surface area contributed by atoms with Crippen LogP contribution in [0, 0.1) is 0 Å². The highest BCUT2D eigenvalue weighted by Gasteiger charge is 2.19. The summed E-state index contributed by atoms with van der Waals surface area (Å²) in [6.45, 7) is 0. The van der Waals surface area contributed by atoms with Crippen LogP contribution in [-0.2, 0) is 0 Å². The number of hydrazine groups is 1. The molecular formula is C13H12N3. The van der Waals surface area contributed by atoms with Crippen molar-refractivity contribution in [2.75, 3.05) is 0 Å². The van der Waals surface area contributed by atoms with Crippen LogP contribution in [0.5, 0.6) is 0 Å². The maximum atomic E-state index is 7.54. The molecule has 0 bridgehead atoms. The van der Waals surface area contributed by atoms with Crippen LogP contribution < -0.4 is 11.7 Å². The molecule has 3 N–H and O–H groups in total. The zero-order valence-electron chi connectivity index (χ0n) is 8.72. The van der Waals surface area contributed by atoms with Gasteiger partial charge in [0.25, 0.3) is 0 Å². The number of nitrogens with zero attached hydrogens (tertiary/aromatic N) is 1. The molecule has 0 amide bonds. The Balaban J connectivity index is 2.36. The lowest BCUT2D eigenvalue weighted by Crippen LogP contribution is -2.33. The molecule has 79 valence electrons. The molecule has 0 aliphatic heterocycles. The molecule has 3 rings (SSSR count). The molecule has 1 radical (unpaired) electrons. The number of nitrogens with one attached hydrogen (secondary N) is 1. The number of benzene rings is 2. The van der Waals surface area contributed by atoms with Crippen LogP contribution in [-0.4, -0.2) is 5.12 Å². The molecule has 2 aromatic carbocycles. The van der Waals surface area contributed by atoms with Crippen molar-refractivity contribution in [3.8, 4) is 0 Å². The zero-order chi connectivity index (χ0) is 11.1. The van der Waals surface area contributed by atoms with E-state index in [4.69, 9.17) is 11.7 Å². The smallest absolute Gasteiger partial charge is 0.0851 e. The normalized spacial score (nSPS) is 18.3. The highest BCUT2D eigenvalue weighted by molar-refractivity contribution is 5.95. The fourth-order valence-corrected chi connectivity index (χ4v) is 2.33. The number of rotatable bonds is 1. The second kappa shape index (κ2) is 3.42. The van der Waals surface area contributed by atoms with E-state index in [1.807, 2.05) is 30.4 Å². The van der Waals surface area contributed by atoms with Crippen LogP contribution in [0.25, 0.3) is 16.8 Å². The lowest BCUT2D eigenvalue weighted by Gasteiger charge is -2.24. The second-order valence-electron chi connectivity index (χ2n) is 4.00. The monoisotopic (exact) mass is 210 g/mol. The molecule has 1 aliphatic carbocycles. The van der Waals surface area contributed by atoms with Gasteiger partial charge in [0.1, 0.15) is 0 Å². The first-order valence-electron chi connectivity index (χ1n) is 5.22. The van der Waals surface area contributed by atoms with Gasteiger partial charge in [-0.1, -0.05) is 48.6 Å². The van der Waals surface area contributed by atoms with Gasteiger partial charge in [-0.15, -0.1) is 0 Å². The molecule has 1 unspecified atom stereocenters. The average molecular weight is 210 g/mol. The minimum Gasteiger partial charge on any atom is -0.253 e. The highest BCUT2D eigenvalue weighted by Crippen LogP contribution is 2.34. The molecule has 16 heavy (non-hydrogen) atoms. The first kappa shape index (κ1) is 9.54. The van der Waals surface area contributed by atoms with Crippen LogP contribution in [0.2, 0.25) is 0 Å². The largest absolute Gasteiger partial charge is 0.253 e. The molecule has 0 aromatic heterocycles. The summed E-state index contributed by atoms with van der Waals surface area (Å²) in [6.07, 6.45) is 4.00. The van der Waals surface area contributed by atoms with Gasteiger partial charge < -0.3 is 0 Å². The molecular weight excluding hydrogens is 198 g/mol. The third-order valence-electron chi connectivity index (χ3n) is 3.05. The Kier molecular flexibility index (Phi) is 2.04. The summed E-state index contributed by atoms with van der Waals surface area (Å²) < 4.78 is 0. The third-order valence-corrected chi connectivity index (χ3v) is 3.05. The predicted molar refractivity (Wildman–Crippen MR) is 64.8 cm³/mol. The van der Waals surface area contributed by atoms with Crippen molar-refractivity contribution < 1.29 is 0 Å². The van der Waals surface area contributed by atoms with Gasteiger partial charge >= 0.3 is 0 Å². The van der Waals surface area contributed by atoms with Crippen molar-refractivity contribution >= 4 is 16.8 Å². The van der Waals surface area contributed by atoms with Crippen LogP contribution in [0.15, 0.2) is 42.5 Å². The average Bonchev–Trinajstić information content (AvgIpc) is 2.30. The molecule has 3 heteroatoms.